The van der Waals surface area contributed by atoms with Gasteiger partial charge in [0.05, 0.1) is 6.54 Å². The normalized spacial score (nSPS) is 18.5. The van der Waals surface area contributed by atoms with Gasteiger partial charge in [-0.15, -0.1) is 0 Å². The van der Waals surface area contributed by atoms with E-state index in [-0.39, 0.29) is 18.0 Å². The van der Waals surface area contributed by atoms with Crippen LogP contribution in [0.2, 0.25) is 0 Å². The predicted octanol–water partition coefficient (Wildman–Crippen LogP) is 1.32. The minimum atomic E-state index is -0.377. The predicted molar refractivity (Wildman–Crippen MR) is 80.2 cm³/mol. The van der Waals surface area contributed by atoms with Crippen LogP contribution in [0.25, 0.3) is 0 Å². The van der Waals surface area contributed by atoms with Crippen LogP contribution in [-0.2, 0) is 17.9 Å². The Balaban J connectivity index is 2.01. The molecule has 0 spiro atoms. The van der Waals surface area contributed by atoms with Crippen LogP contribution >= 0.6 is 11.8 Å². The highest BCUT2D eigenvalue weighted by molar-refractivity contribution is 7.98. The van der Waals surface area contributed by atoms with Crippen molar-refractivity contribution in [1.82, 2.24) is 10.2 Å². The molecule has 20 heavy (non-hydrogen) atoms. The van der Waals surface area contributed by atoms with Crippen molar-refractivity contribution in [2.24, 2.45) is 5.73 Å². The maximum Gasteiger partial charge on any atom is 0.325 e. The maximum atomic E-state index is 12.2. The second-order valence-corrected chi connectivity index (χ2v) is 5.71. The molecular weight excluding hydrogens is 274 g/mol. The summed E-state index contributed by atoms with van der Waals surface area (Å²) in [6.07, 6.45) is 2.66. The van der Waals surface area contributed by atoms with Gasteiger partial charge in [-0.2, -0.15) is 11.8 Å². The van der Waals surface area contributed by atoms with Crippen LogP contribution < -0.4 is 11.1 Å². The molecule has 1 atom stereocenters. The number of hydrogen-bond acceptors (Lipinski definition) is 4. The fraction of sp³-hybridized carbons (Fsp3) is 0.429. The maximum absolute atomic E-state index is 12.2. The van der Waals surface area contributed by atoms with Gasteiger partial charge in [-0.05, 0) is 29.6 Å². The lowest BCUT2D eigenvalue weighted by atomic mass is 10.1. The molecule has 1 fully saturated rings. The van der Waals surface area contributed by atoms with E-state index in [0.29, 0.717) is 19.5 Å². The van der Waals surface area contributed by atoms with Gasteiger partial charge in [-0.1, -0.05) is 24.3 Å². The Kier molecular flexibility index (Phi) is 5.03. The van der Waals surface area contributed by atoms with Crippen molar-refractivity contribution in [3.05, 3.63) is 35.4 Å². The number of amides is 3. The van der Waals surface area contributed by atoms with Crippen molar-refractivity contribution < 1.29 is 9.59 Å². The molecular formula is C14H19N3O2S. The van der Waals surface area contributed by atoms with Crippen LogP contribution in [0.15, 0.2) is 24.3 Å². The molecule has 1 aliphatic heterocycles. The summed E-state index contributed by atoms with van der Waals surface area (Å²) in [5, 5.41) is 2.74. The SMILES string of the molecule is CSCCC1NC(=O)N(Cc2ccc(CN)cc2)C1=O. The molecule has 1 aromatic rings. The van der Waals surface area contributed by atoms with Gasteiger partial charge >= 0.3 is 6.03 Å². The van der Waals surface area contributed by atoms with Gasteiger partial charge in [0.15, 0.2) is 0 Å². The number of rotatable bonds is 6. The molecule has 108 valence electrons. The van der Waals surface area contributed by atoms with Crippen molar-refractivity contribution >= 4 is 23.7 Å². The first-order chi connectivity index (χ1) is 9.65. The third kappa shape index (κ3) is 3.32. The van der Waals surface area contributed by atoms with E-state index in [1.807, 2.05) is 30.5 Å². The number of urea groups is 1. The lowest BCUT2D eigenvalue weighted by molar-refractivity contribution is -0.127. The fourth-order valence-corrected chi connectivity index (χ4v) is 2.59. The first kappa shape index (κ1) is 14.9. The third-order valence-electron chi connectivity index (χ3n) is 3.32. The number of nitrogens with two attached hydrogens (primary N) is 1. The quantitative estimate of drug-likeness (QED) is 0.776. The minimum absolute atomic E-state index is 0.132. The molecule has 1 aromatic carbocycles. The van der Waals surface area contributed by atoms with Gasteiger partial charge in [0, 0.05) is 6.54 Å². The summed E-state index contributed by atoms with van der Waals surface area (Å²) in [4.78, 5) is 25.3. The van der Waals surface area contributed by atoms with Gasteiger partial charge in [-0.3, -0.25) is 9.69 Å². The molecule has 1 saturated heterocycles. The zero-order valence-corrected chi connectivity index (χ0v) is 12.3. The summed E-state index contributed by atoms with van der Waals surface area (Å²) in [6, 6.07) is 6.95. The molecule has 0 radical (unpaired) electrons. The summed E-state index contributed by atoms with van der Waals surface area (Å²) in [5.74, 6) is 0.724. The van der Waals surface area contributed by atoms with Crippen LogP contribution in [0.4, 0.5) is 4.79 Å². The van der Waals surface area contributed by atoms with Crippen LogP contribution in [0.1, 0.15) is 17.5 Å². The third-order valence-corrected chi connectivity index (χ3v) is 3.96. The first-order valence-corrected chi connectivity index (χ1v) is 7.93. The van der Waals surface area contributed by atoms with E-state index in [9.17, 15) is 9.59 Å². The Bertz CT molecular complexity index is 490. The Morgan fingerprint density at radius 2 is 1.90 bits per heavy atom. The Morgan fingerprint density at radius 3 is 2.50 bits per heavy atom. The Labute approximate surface area is 122 Å². The average molecular weight is 293 g/mol. The molecule has 1 aliphatic rings. The number of carbonyl (C=O) groups is 2. The summed E-state index contributed by atoms with van der Waals surface area (Å²) >= 11 is 1.67. The zero-order valence-electron chi connectivity index (χ0n) is 11.5. The van der Waals surface area contributed by atoms with E-state index in [1.165, 1.54) is 4.90 Å². The number of carbonyl (C=O) groups excluding carboxylic acids is 2. The number of imide groups is 1. The topological polar surface area (TPSA) is 75.4 Å². The summed E-state index contributed by atoms with van der Waals surface area (Å²) in [5.41, 5.74) is 7.50. The van der Waals surface area contributed by atoms with Crippen molar-refractivity contribution in [2.75, 3.05) is 12.0 Å². The van der Waals surface area contributed by atoms with Crippen molar-refractivity contribution in [1.29, 1.82) is 0 Å². The Hall–Kier alpha value is -1.53. The monoisotopic (exact) mass is 293 g/mol. The molecule has 0 bridgehead atoms. The standard InChI is InChI=1S/C14H19N3O2S/c1-20-7-6-12-13(18)17(14(19)16-12)9-11-4-2-10(8-15)3-5-11/h2-5,12H,6-9,15H2,1H3,(H,16,19). The van der Waals surface area contributed by atoms with Crippen LogP contribution in [0.5, 0.6) is 0 Å². The molecule has 3 amide bonds. The van der Waals surface area contributed by atoms with Crippen LogP contribution in [0.3, 0.4) is 0 Å². The summed E-state index contributed by atoms with van der Waals surface area (Å²) in [7, 11) is 0. The fourth-order valence-electron chi connectivity index (χ4n) is 2.12. The number of hydrogen-bond donors (Lipinski definition) is 2. The lowest BCUT2D eigenvalue weighted by Crippen LogP contribution is -2.31. The van der Waals surface area contributed by atoms with E-state index in [4.69, 9.17) is 5.73 Å². The van der Waals surface area contributed by atoms with Gasteiger partial charge in [-0.25, -0.2) is 4.79 Å². The second kappa shape index (κ2) is 6.76. The Morgan fingerprint density at radius 1 is 1.25 bits per heavy atom. The average Bonchev–Trinajstić information content (AvgIpc) is 2.73. The smallest absolute Gasteiger partial charge is 0.325 e. The van der Waals surface area contributed by atoms with Crippen LogP contribution in [0, 0.1) is 0 Å². The van der Waals surface area contributed by atoms with Crippen molar-refractivity contribution in [2.45, 2.75) is 25.6 Å². The van der Waals surface area contributed by atoms with E-state index in [2.05, 4.69) is 5.32 Å². The number of benzene rings is 1. The molecule has 5 nitrogen and oxygen atoms in total. The van der Waals surface area contributed by atoms with Gasteiger partial charge in [0.25, 0.3) is 5.91 Å². The molecule has 0 saturated carbocycles. The highest BCUT2D eigenvalue weighted by Crippen LogP contribution is 2.15. The molecule has 0 aromatic heterocycles. The van der Waals surface area contributed by atoms with Crippen molar-refractivity contribution in [3.8, 4) is 0 Å². The number of thioether (sulfide) groups is 1. The first-order valence-electron chi connectivity index (χ1n) is 6.54. The van der Waals surface area contributed by atoms with Gasteiger partial charge in [0.1, 0.15) is 6.04 Å². The molecule has 0 aliphatic carbocycles. The second-order valence-electron chi connectivity index (χ2n) is 4.73. The minimum Gasteiger partial charge on any atom is -0.326 e. The summed E-state index contributed by atoms with van der Waals surface area (Å²) in [6.45, 7) is 0.797. The summed E-state index contributed by atoms with van der Waals surface area (Å²) < 4.78 is 0. The highest BCUT2D eigenvalue weighted by atomic mass is 32.2. The zero-order chi connectivity index (χ0) is 14.5. The number of nitrogens with zero attached hydrogens (tertiary/aromatic N) is 1. The van der Waals surface area contributed by atoms with Gasteiger partial charge in [0.2, 0.25) is 0 Å². The van der Waals surface area contributed by atoms with Crippen LogP contribution in [-0.4, -0.2) is 34.9 Å². The lowest BCUT2D eigenvalue weighted by Gasteiger charge is -2.13. The molecule has 2 rings (SSSR count). The molecule has 3 N–H and O–H groups in total. The number of nitrogens with one attached hydrogen (secondary N) is 1. The van der Waals surface area contributed by atoms with E-state index >= 15 is 0 Å². The van der Waals surface area contributed by atoms with E-state index in [0.717, 1.165) is 16.9 Å². The van der Waals surface area contributed by atoms with E-state index < -0.39 is 0 Å². The van der Waals surface area contributed by atoms with Crippen molar-refractivity contribution in [3.63, 3.8) is 0 Å². The highest BCUT2D eigenvalue weighted by Gasteiger charge is 2.37. The van der Waals surface area contributed by atoms with Gasteiger partial charge < -0.3 is 11.1 Å². The molecule has 1 heterocycles. The van der Waals surface area contributed by atoms with E-state index in [1.54, 1.807) is 11.8 Å². The largest absolute Gasteiger partial charge is 0.326 e. The molecule has 6 heteroatoms. The molecule has 1 unspecified atom stereocenters.